The first-order valence-corrected chi connectivity index (χ1v) is 16.1. The zero-order valence-corrected chi connectivity index (χ0v) is 31.4. The van der Waals surface area contributed by atoms with Gasteiger partial charge in [0, 0.05) is 32.4 Å². The number of alkyl halides is 6. The largest absolute Gasteiger partial charge is 0.156 e. The molecular weight excluding hydrogens is 1140 g/mol. The third kappa shape index (κ3) is 5.02. The Labute approximate surface area is 258 Å². The summed E-state index contributed by atoms with van der Waals surface area (Å²) in [6.07, 6.45) is 0. The van der Waals surface area contributed by atoms with E-state index in [0.717, 1.165) is 38.0 Å². The lowest BCUT2D eigenvalue weighted by atomic mass is 9.92. The van der Waals surface area contributed by atoms with E-state index in [4.69, 9.17) is 0 Å². The standard InChI is InChI=1S/C15H4Br12/c16-6-4-2-1-3-5(6)14(23,24)13(22,15(25,26)27)7-8(17)10(19)12(21)11(20)9(7)18/h1-4H. The molecule has 0 radical (unpaired) electrons. The Bertz CT molecular complexity index is 856. The van der Waals surface area contributed by atoms with Gasteiger partial charge in [0.2, 0.25) is 0 Å². The fourth-order valence-corrected chi connectivity index (χ4v) is 12.9. The van der Waals surface area contributed by atoms with Gasteiger partial charge in [0.15, 0.2) is 2.14 Å². The van der Waals surface area contributed by atoms with Crippen LogP contribution in [-0.4, -0.2) is 2.14 Å². The molecule has 0 nitrogen and oxygen atoms in total. The Morgan fingerprint density at radius 3 is 1.37 bits per heavy atom. The molecule has 0 N–H and O–H groups in total. The minimum atomic E-state index is -0.833. The van der Waals surface area contributed by atoms with Gasteiger partial charge in [-0.05, 0) is 91.3 Å². The summed E-state index contributed by atoms with van der Waals surface area (Å²) in [6.45, 7) is 0. The lowest BCUT2D eigenvalue weighted by Crippen LogP contribution is -2.46. The smallest absolute Gasteiger partial charge is 0.0737 e. The second-order valence-electron chi connectivity index (χ2n) is 5.16. The van der Waals surface area contributed by atoms with E-state index < -0.39 is 9.70 Å². The van der Waals surface area contributed by atoms with Crippen molar-refractivity contribution in [3.8, 4) is 0 Å². The number of hydrogen-bond donors (Lipinski definition) is 0. The molecule has 0 fully saturated rings. The molecular formula is C15H4Br12. The van der Waals surface area contributed by atoms with Gasteiger partial charge in [0.05, 0.1) is 0 Å². The van der Waals surface area contributed by atoms with Crippen LogP contribution in [0.1, 0.15) is 11.1 Å². The van der Waals surface area contributed by atoms with Gasteiger partial charge in [0.1, 0.15) is 7.56 Å². The van der Waals surface area contributed by atoms with Gasteiger partial charge in [-0.1, -0.05) is 130 Å². The Hall–Kier alpha value is 4.20. The van der Waals surface area contributed by atoms with Crippen LogP contribution in [0.25, 0.3) is 0 Å². The molecule has 0 aromatic heterocycles. The maximum atomic E-state index is 4.03. The molecule has 0 saturated carbocycles. The van der Waals surface area contributed by atoms with Gasteiger partial charge < -0.3 is 0 Å². The molecule has 0 aliphatic rings. The molecule has 2 aromatic rings. The van der Waals surface area contributed by atoms with E-state index in [0.29, 0.717) is 0 Å². The van der Waals surface area contributed by atoms with E-state index in [-0.39, 0.29) is 0 Å². The first-order chi connectivity index (χ1) is 12.2. The van der Waals surface area contributed by atoms with Crippen molar-refractivity contribution in [2.24, 2.45) is 0 Å². The van der Waals surface area contributed by atoms with E-state index in [1.54, 1.807) is 0 Å². The number of hydrogen-bond acceptors (Lipinski definition) is 0. The van der Waals surface area contributed by atoms with Crippen molar-refractivity contribution in [1.82, 2.24) is 0 Å². The molecule has 0 saturated heterocycles. The zero-order chi connectivity index (χ0) is 20.9. The maximum Gasteiger partial charge on any atom is 0.156 e. The van der Waals surface area contributed by atoms with Crippen molar-refractivity contribution in [1.29, 1.82) is 0 Å². The van der Waals surface area contributed by atoms with Crippen LogP contribution in [0.3, 0.4) is 0 Å². The monoisotopic (exact) mass is 1130 g/mol. The average molecular weight is 1140 g/mol. The summed E-state index contributed by atoms with van der Waals surface area (Å²) in [5.41, 5.74) is 1.90. The Morgan fingerprint density at radius 2 is 0.963 bits per heavy atom. The van der Waals surface area contributed by atoms with Crippen LogP contribution >= 0.6 is 191 Å². The number of rotatable bonds is 3. The van der Waals surface area contributed by atoms with Crippen molar-refractivity contribution in [2.45, 2.75) is 9.70 Å². The first kappa shape index (κ1) is 27.4. The van der Waals surface area contributed by atoms with Gasteiger partial charge >= 0.3 is 0 Å². The van der Waals surface area contributed by atoms with Crippen LogP contribution < -0.4 is 0 Å². The lowest BCUT2D eigenvalue weighted by molar-refractivity contribution is 0.637. The summed E-state index contributed by atoms with van der Waals surface area (Å²) in [5, 5.41) is 0. The highest BCUT2D eigenvalue weighted by molar-refractivity contribution is 9.40. The summed E-state index contributed by atoms with van der Waals surface area (Å²) in [5.74, 6) is 0. The second kappa shape index (κ2) is 10.2. The molecule has 2 aromatic carbocycles. The maximum absolute atomic E-state index is 4.03. The van der Waals surface area contributed by atoms with Gasteiger partial charge in [-0.3, -0.25) is 0 Å². The molecule has 12 heteroatoms. The third-order valence-electron chi connectivity index (χ3n) is 3.59. The summed E-state index contributed by atoms with van der Waals surface area (Å²) in [4.78, 5) is 0. The van der Waals surface area contributed by atoms with Crippen molar-refractivity contribution in [3.63, 3.8) is 0 Å². The Kier molecular flexibility index (Phi) is 10.4. The minimum absolute atomic E-state index is 0.776. The first-order valence-electron chi connectivity index (χ1n) is 6.60. The fraction of sp³-hybridized carbons (Fsp3) is 0.200. The summed E-state index contributed by atoms with van der Waals surface area (Å²) in [7, 11) is 0. The molecule has 1 unspecified atom stereocenters. The molecule has 0 aliphatic heterocycles. The minimum Gasteiger partial charge on any atom is -0.0737 e. The van der Waals surface area contributed by atoms with E-state index in [2.05, 4.69) is 191 Å². The number of benzene rings is 2. The van der Waals surface area contributed by atoms with Crippen LogP contribution in [0, 0.1) is 0 Å². The molecule has 148 valence electrons. The molecule has 27 heavy (non-hydrogen) atoms. The normalized spacial score (nSPS) is 15.0. The highest BCUT2D eigenvalue weighted by atomic mass is 80.0. The quantitative estimate of drug-likeness (QED) is 0.163. The van der Waals surface area contributed by atoms with Gasteiger partial charge in [-0.15, -0.1) is 0 Å². The van der Waals surface area contributed by atoms with Gasteiger partial charge in [-0.25, -0.2) is 0 Å². The van der Waals surface area contributed by atoms with Gasteiger partial charge in [-0.2, -0.15) is 0 Å². The van der Waals surface area contributed by atoms with Crippen molar-refractivity contribution in [2.75, 3.05) is 0 Å². The predicted octanol–water partition coefficient (Wildman–Crippen LogP) is 12.3. The molecule has 2 rings (SSSR count). The third-order valence-corrected chi connectivity index (χ3v) is 18.4. The van der Waals surface area contributed by atoms with Crippen LogP contribution in [0.4, 0.5) is 0 Å². The molecule has 0 spiro atoms. The fourth-order valence-electron chi connectivity index (χ4n) is 2.29. The van der Waals surface area contributed by atoms with Crippen LogP contribution in [0.15, 0.2) is 51.1 Å². The SMILES string of the molecule is Brc1ccccc1C(Br)(Br)C(Br)(c1c(Br)c(Br)c(Br)c(Br)c1Br)C(Br)(Br)Br. The highest BCUT2D eigenvalue weighted by Crippen LogP contribution is 2.71. The van der Waals surface area contributed by atoms with Crippen molar-refractivity contribution < 1.29 is 0 Å². The number of halogens is 12. The second-order valence-corrected chi connectivity index (χ2v) is 21.4. The zero-order valence-electron chi connectivity index (χ0n) is 12.3. The van der Waals surface area contributed by atoms with E-state index >= 15 is 0 Å². The molecule has 0 bridgehead atoms. The highest BCUT2D eigenvalue weighted by Gasteiger charge is 2.62. The van der Waals surface area contributed by atoms with E-state index in [1.165, 1.54) is 0 Å². The van der Waals surface area contributed by atoms with Crippen LogP contribution in [0.5, 0.6) is 0 Å². The van der Waals surface area contributed by atoms with E-state index in [9.17, 15) is 0 Å². The lowest BCUT2D eigenvalue weighted by Gasteiger charge is -2.47. The molecule has 0 amide bonds. The summed E-state index contributed by atoms with van der Waals surface area (Å²) < 4.78 is 2.91. The van der Waals surface area contributed by atoms with Crippen molar-refractivity contribution in [3.05, 3.63) is 62.2 Å². The summed E-state index contributed by atoms with van der Waals surface area (Å²) >= 11 is 45.3. The summed E-state index contributed by atoms with van der Waals surface area (Å²) in [6, 6.07) is 7.99. The van der Waals surface area contributed by atoms with E-state index in [1.807, 2.05) is 24.3 Å². The molecule has 1 atom stereocenters. The topological polar surface area (TPSA) is 0 Å². The Balaban J connectivity index is 3.00. The predicted molar refractivity (Wildman–Crippen MR) is 159 cm³/mol. The average Bonchev–Trinajstić information content (AvgIpc) is 2.57. The van der Waals surface area contributed by atoms with Crippen LogP contribution in [-0.2, 0) is 7.56 Å². The molecule has 0 aliphatic carbocycles. The van der Waals surface area contributed by atoms with Crippen molar-refractivity contribution >= 4 is 191 Å². The Morgan fingerprint density at radius 1 is 0.556 bits per heavy atom. The van der Waals surface area contributed by atoms with Gasteiger partial charge in [0.25, 0.3) is 0 Å². The van der Waals surface area contributed by atoms with Crippen LogP contribution in [0.2, 0.25) is 0 Å². The molecule has 0 heterocycles.